The zero-order valence-corrected chi connectivity index (χ0v) is 85.1. The van der Waals surface area contributed by atoms with Gasteiger partial charge in [-0.15, -0.1) is 10.2 Å². The van der Waals surface area contributed by atoms with Crippen molar-refractivity contribution in [3.63, 3.8) is 0 Å². The fourth-order valence-electron chi connectivity index (χ4n) is 14.3. The molecule has 0 amide bonds. The second-order valence-corrected chi connectivity index (χ2v) is 33.9. The SMILES string of the molecule is CCCN(C)CCC.CCCN(C)CCN(C)CCC.CCCN1CCN(CCC)CC1.CCc1ccc(CC)cc1.CCc1ccccc1CC.Clc1cccc(Nc2ncnc3ccc(NN=NCN=NNc4ccc5ncnc(Nc6cccc(Cl)c6)c5c4)cc23)c1.FB(F)F.N#[N+]c1ccc2ncnc(Nc3cccc(Cl)c3)c2c1.Nc1ccc2ncnc(Nc3cccc(Cl)c3)c2c1.[F-]. The number of halogens is 8. The highest BCUT2D eigenvalue weighted by Crippen LogP contribution is 2.33. The van der Waals surface area contributed by atoms with E-state index in [9.17, 15) is 12.9 Å². The van der Waals surface area contributed by atoms with Gasteiger partial charge in [0.2, 0.25) is 5.39 Å². The molecule has 10 aromatic carbocycles. The Labute approximate surface area is 837 Å². The van der Waals surface area contributed by atoms with Crippen LogP contribution in [-0.4, -0.2) is 178 Å². The van der Waals surface area contributed by atoms with Crippen molar-refractivity contribution in [1.29, 1.82) is 5.39 Å². The van der Waals surface area contributed by atoms with Crippen LogP contribution in [0.2, 0.25) is 20.1 Å². The zero-order chi connectivity index (χ0) is 99.6. The Balaban J connectivity index is 0.000000262. The van der Waals surface area contributed by atoms with Crippen molar-refractivity contribution in [2.24, 2.45) is 20.7 Å². The molecule has 0 radical (unpaired) electrons. The minimum absolute atomic E-state index is 0. The summed E-state index contributed by atoms with van der Waals surface area (Å²) in [6.45, 7) is 37.2. The lowest BCUT2D eigenvalue weighted by molar-refractivity contribution is -0.0000312. The fraction of sp³-hybridized carbons (Fsp3) is 0.346. The standard InChI is InChI=1S/C29H22Cl2N12.C14H9ClN5.C14H11ClN4.C10H22N2.C10H24N2.2C10H14.C7H17N.BF3.FH/c30-18-3-1-5-20(11-18)38-28-24-13-22(7-9-26(24)32-15-34-28)40-42-36-17-37-43-41-23-8-10-27-25(14-23)29(35-16-33-27)39-21-6-2-4-19(31)12-21;15-9-2-1-3-10(6-9)19-14-12-7-11(20-16)4-5-13(12)17-8-18-14;15-9-2-1-3-11(6-9)19-14-12-7-10(16)4-5-13(12)17-8-18-14;1-3-5-11-7-9-12(6-4-2)10-8-11;1-5-7-11(3)9-10-12(4)8-6-2;1-3-9-5-7-10(4-2)8-6-9;1-3-9-7-5-6-8-10(9)4-2;1-4-6-8(3)7-5-2;2-1(3)4;/h1-16H,17H2,(H,36,40)(H,37,41)(H,32,34,38)(H,33,35,39);1-8H,(H,17,18,19);1-8H,16H2,(H,17,18,19);3-10H2,1-2H3;5-10H2,1-4H3;2*5-8H,3-4H2,1-2H3;4-7H2,1-3H3;;1H/q;+1;;;;;;;;/p-1. The maximum absolute atomic E-state index is 9.67. The van der Waals surface area contributed by atoms with E-state index in [1.54, 1.807) is 30.3 Å². The van der Waals surface area contributed by atoms with Gasteiger partial charge in [0.25, 0.3) is 0 Å². The summed E-state index contributed by atoms with van der Waals surface area (Å²) in [4.78, 5) is 49.8. The summed E-state index contributed by atoms with van der Waals surface area (Å²) in [7, 11) is 2.90. The number of nitrogen functional groups attached to an aromatic ring is 1. The monoisotopic (exact) mass is 1970 g/mol. The molecule has 1 fully saturated rings. The van der Waals surface area contributed by atoms with Gasteiger partial charge in [-0.2, -0.15) is 0 Å². The maximum atomic E-state index is 9.67. The number of hydrogen-bond acceptors (Lipinski definition) is 23. The van der Waals surface area contributed by atoms with Crippen LogP contribution in [0.3, 0.4) is 0 Å². The van der Waals surface area contributed by atoms with E-state index in [2.05, 4.69) is 261 Å². The first-order valence-corrected chi connectivity index (χ1v) is 48.5. The molecule has 0 spiro atoms. The summed E-state index contributed by atoms with van der Waals surface area (Å²) in [5, 5.41) is 43.6. The van der Waals surface area contributed by atoms with Crippen LogP contribution in [0.25, 0.3) is 48.6 Å². The normalized spacial score (nSPS) is 11.5. The molecule has 738 valence electrons. The first kappa shape index (κ1) is 115. The van der Waals surface area contributed by atoms with Crippen LogP contribution in [0.15, 0.2) is 264 Å². The van der Waals surface area contributed by atoms with E-state index in [4.69, 9.17) is 57.5 Å². The summed E-state index contributed by atoms with van der Waals surface area (Å²) < 4.78 is 29.0. The molecular weight excluding hydrogens is 1840 g/mol. The molecule has 139 heavy (non-hydrogen) atoms. The third kappa shape index (κ3) is 43.6. The largest absolute Gasteiger partial charge is 1.00 e. The van der Waals surface area contributed by atoms with Crippen LogP contribution < -0.4 is 42.6 Å². The summed E-state index contributed by atoms with van der Waals surface area (Å²) in [5.41, 5.74) is 26.4. The van der Waals surface area contributed by atoms with Gasteiger partial charge in [-0.05, 0) is 280 Å². The average Bonchev–Trinajstić information content (AvgIpc) is 0.817. The number of piperazine rings is 1. The van der Waals surface area contributed by atoms with Crippen molar-refractivity contribution >= 4 is 166 Å². The van der Waals surface area contributed by atoms with Crippen molar-refractivity contribution in [1.82, 2.24) is 64.4 Å². The summed E-state index contributed by atoms with van der Waals surface area (Å²) in [6, 6.07) is 68.9. The molecule has 0 bridgehead atoms. The van der Waals surface area contributed by atoms with Crippen LogP contribution in [0.1, 0.15) is 130 Å². The molecule has 0 saturated carbocycles. The topological polar surface area (TPSA) is 295 Å². The van der Waals surface area contributed by atoms with Crippen LogP contribution in [0.4, 0.5) is 81.7 Å². The number of aromatic nitrogens is 8. The van der Waals surface area contributed by atoms with Crippen molar-refractivity contribution in [2.45, 2.75) is 133 Å². The van der Waals surface area contributed by atoms with Crippen molar-refractivity contribution in [2.75, 3.05) is 144 Å². The number of diazo groups is 1. The number of nitrogens with two attached hydrogens (primary N) is 1. The third-order valence-corrected chi connectivity index (χ3v) is 22.1. The Kier molecular flexibility index (Phi) is 54.9. The quantitative estimate of drug-likeness (QED) is 0.00502. The highest BCUT2D eigenvalue weighted by molar-refractivity contribution is 6.33. The molecule has 14 aromatic rings. The molecule has 26 nitrogen and oxygen atoms in total. The predicted octanol–water partition coefficient (Wildman–Crippen LogP) is 25.0. The molecule has 15 rings (SSSR count). The molecule has 35 heteroatoms. The molecule has 0 aliphatic carbocycles. The number of aryl methyl sites for hydroxylation is 4. The molecule has 5 heterocycles. The number of fused-ring (bicyclic) bond motifs is 4. The minimum Gasteiger partial charge on any atom is -1.00 e. The second-order valence-electron chi connectivity index (χ2n) is 32.2. The molecule has 1 aliphatic heterocycles. The van der Waals surface area contributed by atoms with Gasteiger partial charge in [0.15, 0.2) is 11.6 Å². The van der Waals surface area contributed by atoms with Gasteiger partial charge in [-0.3, -0.25) is 23.8 Å². The van der Waals surface area contributed by atoms with E-state index in [-0.39, 0.29) is 11.4 Å². The smallest absolute Gasteiger partial charge is 0.762 e. The van der Waals surface area contributed by atoms with Crippen LogP contribution in [0, 0.1) is 5.39 Å². The third-order valence-electron chi connectivity index (χ3n) is 21.2. The molecule has 1 saturated heterocycles. The first-order chi connectivity index (χ1) is 66.9. The van der Waals surface area contributed by atoms with Crippen LogP contribution in [0.5, 0.6) is 0 Å². The molecule has 0 atom stereocenters. The number of likely N-dealkylation sites (N-methyl/N-ethyl adjacent to an activating group) is 2. The Hall–Kier alpha value is -12.5. The average molecular weight is 1980 g/mol. The van der Waals surface area contributed by atoms with E-state index in [0.29, 0.717) is 66.1 Å². The highest BCUT2D eigenvalue weighted by Gasteiger charge is 2.17. The zero-order valence-electron chi connectivity index (χ0n) is 82.0. The predicted molar refractivity (Wildman–Crippen MR) is 575 cm³/mol. The van der Waals surface area contributed by atoms with Gasteiger partial charge in [-0.1, -0.05) is 199 Å². The number of benzene rings is 10. The fourth-order valence-corrected chi connectivity index (χ4v) is 15.0. The van der Waals surface area contributed by atoms with E-state index < -0.39 is 7.54 Å². The van der Waals surface area contributed by atoms with E-state index in [1.165, 1.54) is 165 Å². The molecule has 1 aliphatic rings. The Bertz CT molecular complexity index is 5770. The Morgan fingerprint density at radius 3 is 0.978 bits per heavy atom. The van der Waals surface area contributed by atoms with E-state index in [1.807, 2.05) is 140 Å². The lowest BCUT2D eigenvalue weighted by atomic mass is 10.0. The van der Waals surface area contributed by atoms with Gasteiger partial charge in [-0.25, -0.2) is 39.9 Å². The first-order valence-electron chi connectivity index (χ1n) is 47.0. The lowest BCUT2D eigenvalue weighted by Gasteiger charge is -2.34. The van der Waals surface area contributed by atoms with Crippen molar-refractivity contribution in [3.8, 4) is 0 Å². The van der Waals surface area contributed by atoms with E-state index in [0.717, 1.165) is 92.0 Å². The molecule has 0 unspecified atom stereocenters. The van der Waals surface area contributed by atoms with Crippen molar-refractivity contribution in [3.05, 3.63) is 291 Å². The summed E-state index contributed by atoms with van der Waals surface area (Å²) >= 11 is 24.1. The summed E-state index contributed by atoms with van der Waals surface area (Å²) in [6.07, 6.45) is 18.3. The number of hydrogen-bond donors (Lipinski definition) is 7. The lowest BCUT2D eigenvalue weighted by Crippen LogP contribution is -3.00. The van der Waals surface area contributed by atoms with Crippen LogP contribution in [-0.2, 0) is 25.7 Å². The van der Waals surface area contributed by atoms with Gasteiger partial charge < -0.3 is 56.2 Å². The highest BCUT2D eigenvalue weighted by atomic mass is 35.5. The van der Waals surface area contributed by atoms with Gasteiger partial charge >= 0.3 is 13.2 Å². The number of rotatable bonds is 33. The Morgan fingerprint density at radius 1 is 0.367 bits per heavy atom. The molecule has 8 N–H and O–H groups in total. The summed E-state index contributed by atoms with van der Waals surface area (Å²) in [5.74, 6) is 2.61. The van der Waals surface area contributed by atoms with Crippen molar-refractivity contribution < 1.29 is 17.7 Å². The number of nitrogens with zero attached hydrogens (tertiary/aromatic N) is 19. The number of anilines is 11. The van der Waals surface area contributed by atoms with Gasteiger partial charge in [0.05, 0.1) is 38.8 Å². The molecule has 4 aromatic heterocycles. The minimum atomic E-state index is -3.67. The van der Waals surface area contributed by atoms with E-state index >= 15 is 0 Å². The molecular formula is C104H133BCl4F4N26. The maximum Gasteiger partial charge on any atom is 0.762 e. The van der Waals surface area contributed by atoms with Crippen LogP contribution >= 0.6 is 46.4 Å². The Morgan fingerprint density at radius 2 is 0.676 bits per heavy atom. The second kappa shape index (κ2) is 66.2. The van der Waals surface area contributed by atoms with Gasteiger partial charge in [0.1, 0.15) is 48.6 Å². The number of nitrogens with one attached hydrogen (secondary N) is 6. The van der Waals surface area contributed by atoms with Gasteiger partial charge in [0, 0.05) is 116 Å².